The van der Waals surface area contributed by atoms with Gasteiger partial charge in [0.2, 0.25) is 0 Å². The molecule has 1 aromatic carbocycles. The van der Waals surface area contributed by atoms with Gasteiger partial charge in [-0.05, 0) is 5.56 Å². The maximum atomic E-state index is 11.9. The standard InChI is InChI=1S/C20H26N4O3/c1-26-12-16(13-27-2)10-24(9-15-6-4-3-5-7-15)11-17-8-21-19-18(17)22-14-23-20(19)25/h3-8,14,16,21H,9-13H2,1-2H3,(H,22,23,25). The van der Waals surface area contributed by atoms with E-state index in [1.54, 1.807) is 14.2 Å². The molecule has 2 heterocycles. The van der Waals surface area contributed by atoms with Crippen LogP contribution in [0, 0.1) is 5.92 Å². The van der Waals surface area contributed by atoms with Crippen molar-refractivity contribution < 1.29 is 9.47 Å². The largest absolute Gasteiger partial charge is 0.384 e. The van der Waals surface area contributed by atoms with Crippen LogP contribution in [0.15, 0.2) is 47.7 Å². The van der Waals surface area contributed by atoms with E-state index in [1.165, 1.54) is 11.9 Å². The van der Waals surface area contributed by atoms with E-state index < -0.39 is 0 Å². The maximum Gasteiger partial charge on any atom is 0.275 e. The Hall–Kier alpha value is -2.48. The van der Waals surface area contributed by atoms with E-state index in [4.69, 9.17) is 9.47 Å². The van der Waals surface area contributed by atoms with Crippen molar-refractivity contribution in [2.24, 2.45) is 5.92 Å². The van der Waals surface area contributed by atoms with Crippen molar-refractivity contribution in [3.8, 4) is 0 Å². The van der Waals surface area contributed by atoms with Crippen molar-refractivity contribution in [3.63, 3.8) is 0 Å². The number of ether oxygens (including phenoxy) is 2. The number of methoxy groups -OCH3 is 2. The van der Waals surface area contributed by atoms with Crippen molar-refractivity contribution in [1.29, 1.82) is 0 Å². The summed E-state index contributed by atoms with van der Waals surface area (Å²) in [5, 5.41) is 0. The third kappa shape index (κ3) is 5.03. The normalized spacial score (nSPS) is 11.7. The molecule has 0 aliphatic carbocycles. The fourth-order valence-corrected chi connectivity index (χ4v) is 3.38. The average Bonchev–Trinajstić information content (AvgIpc) is 3.07. The van der Waals surface area contributed by atoms with Gasteiger partial charge in [-0.15, -0.1) is 0 Å². The Morgan fingerprint density at radius 1 is 1.07 bits per heavy atom. The lowest BCUT2D eigenvalue weighted by Gasteiger charge is -2.27. The number of fused-ring (bicyclic) bond motifs is 1. The van der Waals surface area contributed by atoms with Crippen molar-refractivity contribution in [2.45, 2.75) is 13.1 Å². The van der Waals surface area contributed by atoms with E-state index in [9.17, 15) is 4.79 Å². The Morgan fingerprint density at radius 2 is 1.81 bits per heavy atom. The van der Waals surface area contributed by atoms with Crippen molar-refractivity contribution in [1.82, 2.24) is 19.9 Å². The minimum atomic E-state index is -0.155. The van der Waals surface area contributed by atoms with E-state index in [0.29, 0.717) is 30.8 Å². The molecule has 0 fully saturated rings. The van der Waals surface area contributed by atoms with Gasteiger partial charge in [-0.25, -0.2) is 4.98 Å². The topological polar surface area (TPSA) is 83.2 Å². The Bertz CT molecular complexity index is 885. The first kappa shape index (κ1) is 19.3. The predicted octanol–water partition coefficient (Wildman–Crippen LogP) is 2.16. The molecule has 0 saturated carbocycles. The number of hydrogen-bond donors (Lipinski definition) is 2. The van der Waals surface area contributed by atoms with Crippen LogP contribution in [0.5, 0.6) is 0 Å². The summed E-state index contributed by atoms with van der Waals surface area (Å²) in [4.78, 5) is 24.3. The number of nitrogens with zero attached hydrogens (tertiary/aromatic N) is 2. The highest BCUT2D eigenvalue weighted by Gasteiger charge is 2.18. The van der Waals surface area contributed by atoms with Crippen molar-refractivity contribution >= 4 is 11.0 Å². The Balaban J connectivity index is 1.83. The number of hydrogen-bond acceptors (Lipinski definition) is 5. The Morgan fingerprint density at radius 3 is 2.52 bits per heavy atom. The minimum Gasteiger partial charge on any atom is -0.384 e. The second kappa shape index (κ2) is 9.45. The lowest BCUT2D eigenvalue weighted by Crippen LogP contribution is -2.33. The lowest BCUT2D eigenvalue weighted by atomic mass is 10.1. The molecule has 0 aliphatic heterocycles. The second-order valence-electron chi connectivity index (χ2n) is 6.70. The maximum absolute atomic E-state index is 11.9. The van der Waals surface area contributed by atoms with Crippen LogP contribution in [0.25, 0.3) is 11.0 Å². The number of aromatic nitrogens is 3. The van der Waals surface area contributed by atoms with Gasteiger partial charge < -0.3 is 19.4 Å². The first-order valence-corrected chi connectivity index (χ1v) is 8.99. The van der Waals surface area contributed by atoms with Crippen LogP contribution in [0.1, 0.15) is 11.1 Å². The summed E-state index contributed by atoms with van der Waals surface area (Å²) in [6, 6.07) is 10.3. The van der Waals surface area contributed by atoms with Crippen molar-refractivity contribution in [2.75, 3.05) is 34.0 Å². The summed E-state index contributed by atoms with van der Waals surface area (Å²) in [7, 11) is 3.42. The summed E-state index contributed by atoms with van der Waals surface area (Å²) in [5.74, 6) is 0.255. The molecular weight excluding hydrogens is 344 g/mol. The van der Waals surface area contributed by atoms with Gasteiger partial charge >= 0.3 is 0 Å². The molecule has 2 N–H and O–H groups in total. The van der Waals surface area contributed by atoms with E-state index in [1.807, 2.05) is 24.4 Å². The summed E-state index contributed by atoms with van der Waals surface area (Å²) in [6.45, 7) is 3.54. The molecular formula is C20H26N4O3. The third-order valence-corrected chi connectivity index (χ3v) is 4.51. The molecule has 0 atom stereocenters. The molecule has 0 amide bonds. The van der Waals surface area contributed by atoms with Crippen LogP contribution in [-0.2, 0) is 22.6 Å². The van der Waals surface area contributed by atoms with Gasteiger partial charge in [-0.2, -0.15) is 0 Å². The average molecular weight is 370 g/mol. The molecule has 7 nitrogen and oxygen atoms in total. The fourth-order valence-electron chi connectivity index (χ4n) is 3.38. The van der Waals surface area contributed by atoms with Crippen LogP contribution in [0.4, 0.5) is 0 Å². The number of nitrogens with one attached hydrogen (secondary N) is 2. The molecule has 0 unspecified atom stereocenters. The number of H-pyrrole nitrogens is 2. The molecule has 0 bridgehead atoms. The monoisotopic (exact) mass is 370 g/mol. The molecule has 0 aliphatic rings. The van der Waals surface area contributed by atoms with Gasteiger partial charge in [0.15, 0.2) is 0 Å². The minimum absolute atomic E-state index is 0.155. The SMILES string of the molecule is COCC(COC)CN(Cc1ccccc1)Cc1c[nH]c2c(=O)[nH]cnc12. The molecule has 0 spiro atoms. The summed E-state index contributed by atoms with van der Waals surface area (Å²) in [6.07, 6.45) is 3.31. The number of rotatable bonds is 10. The summed E-state index contributed by atoms with van der Waals surface area (Å²) >= 11 is 0. The fraction of sp³-hybridized carbons (Fsp3) is 0.400. The zero-order chi connectivity index (χ0) is 19.1. The van der Waals surface area contributed by atoms with Crippen LogP contribution in [0.2, 0.25) is 0 Å². The van der Waals surface area contributed by atoms with Gasteiger partial charge in [0.05, 0.1) is 25.1 Å². The Labute approximate surface area is 158 Å². The van der Waals surface area contributed by atoms with E-state index in [-0.39, 0.29) is 11.5 Å². The quantitative estimate of drug-likeness (QED) is 0.571. The zero-order valence-electron chi connectivity index (χ0n) is 15.8. The second-order valence-corrected chi connectivity index (χ2v) is 6.70. The molecule has 7 heteroatoms. The van der Waals surface area contributed by atoms with Crippen molar-refractivity contribution in [3.05, 3.63) is 64.3 Å². The van der Waals surface area contributed by atoms with Gasteiger partial charge in [0.1, 0.15) is 5.52 Å². The highest BCUT2D eigenvalue weighted by Crippen LogP contribution is 2.17. The first-order chi connectivity index (χ1) is 13.2. The number of aromatic amines is 2. The Kier molecular flexibility index (Phi) is 6.75. The molecule has 3 rings (SSSR count). The molecule has 2 aromatic heterocycles. The summed E-state index contributed by atoms with van der Waals surface area (Å²) < 4.78 is 10.7. The van der Waals surface area contributed by atoms with E-state index in [2.05, 4.69) is 32.0 Å². The van der Waals surface area contributed by atoms with Gasteiger partial charge in [-0.3, -0.25) is 9.69 Å². The van der Waals surface area contributed by atoms with Gasteiger partial charge in [-0.1, -0.05) is 30.3 Å². The van der Waals surface area contributed by atoms with Crippen LogP contribution >= 0.6 is 0 Å². The highest BCUT2D eigenvalue weighted by atomic mass is 16.5. The first-order valence-electron chi connectivity index (χ1n) is 8.99. The lowest BCUT2D eigenvalue weighted by molar-refractivity contribution is 0.0582. The third-order valence-electron chi connectivity index (χ3n) is 4.51. The molecule has 144 valence electrons. The van der Waals surface area contributed by atoms with Gasteiger partial charge in [0, 0.05) is 51.5 Å². The smallest absolute Gasteiger partial charge is 0.275 e. The van der Waals surface area contributed by atoms with Crippen LogP contribution in [-0.4, -0.2) is 53.8 Å². The van der Waals surface area contributed by atoms with Gasteiger partial charge in [0.25, 0.3) is 5.56 Å². The highest BCUT2D eigenvalue weighted by molar-refractivity contribution is 5.77. The number of benzene rings is 1. The van der Waals surface area contributed by atoms with E-state index in [0.717, 1.165) is 18.7 Å². The van der Waals surface area contributed by atoms with Crippen LogP contribution < -0.4 is 5.56 Å². The molecule has 3 aromatic rings. The molecule has 0 saturated heterocycles. The predicted molar refractivity (Wildman–Crippen MR) is 105 cm³/mol. The molecule has 0 radical (unpaired) electrons. The van der Waals surface area contributed by atoms with Crippen LogP contribution in [0.3, 0.4) is 0 Å². The zero-order valence-corrected chi connectivity index (χ0v) is 15.8. The summed E-state index contributed by atoms with van der Waals surface area (Å²) in [5.41, 5.74) is 3.30. The van der Waals surface area contributed by atoms with E-state index >= 15 is 0 Å². The molecule has 27 heavy (non-hydrogen) atoms.